The van der Waals surface area contributed by atoms with Crippen molar-refractivity contribution in [2.75, 3.05) is 6.61 Å². The highest BCUT2D eigenvalue weighted by Gasteiger charge is 2.19. The van der Waals surface area contributed by atoms with Crippen LogP contribution in [0.25, 0.3) is 21.5 Å². The molecule has 0 saturated heterocycles. The first-order valence-electron chi connectivity index (χ1n) is 9.61. The van der Waals surface area contributed by atoms with Crippen molar-refractivity contribution in [3.8, 4) is 10.6 Å². The Morgan fingerprint density at radius 2 is 1.93 bits per heavy atom. The molecule has 1 aromatic carbocycles. The van der Waals surface area contributed by atoms with Crippen molar-refractivity contribution in [3.63, 3.8) is 0 Å². The van der Waals surface area contributed by atoms with Crippen molar-refractivity contribution in [1.82, 2.24) is 10.3 Å². The van der Waals surface area contributed by atoms with Crippen molar-refractivity contribution in [3.05, 3.63) is 53.4 Å². The van der Waals surface area contributed by atoms with Gasteiger partial charge in [0.05, 0.1) is 21.7 Å². The number of benzene rings is 1. The topological polar surface area (TPSA) is 68.3 Å². The van der Waals surface area contributed by atoms with Crippen LogP contribution in [0.1, 0.15) is 42.5 Å². The van der Waals surface area contributed by atoms with Gasteiger partial charge >= 0.3 is 5.97 Å². The first-order valence-corrected chi connectivity index (χ1v) is 10.5. The van der Waals surface area contributed by atoms with Crippen molar-refractivity contribution in [2.24, 2.45) is 0 Å². The Morgan fingerprint density at radius 1 is 1.11 bits per heavy atom. The third-order valence-electron chi connectivity index (χ3n) is 5.01. The fourth-order valence-corrected chi connectivity index (χ4v) is 4.31. The van der Waals surface area contributed by atoms with E-state index in [-0.39, 0.29) is 18.6 Å². The van der Waals surface area contributed by atoms with E-state index in [0.29, 0.717) is 5.56 Å². The van der Waals surface area contributed by atoms with Gasteiger partial charge in [0, 0.05) is 11.4 Å². The zero-order valence-electron chi connectivity index (χ0n) is 15.5. The summed E-state index contributed by atoms with van der Waals surface area (Å²) in [5.41, 5.74) is 1.89. The zero-order chi connectivity index (χ0) is 19.3. The first kappa shape index (κ1) is 18.6. The Morgan fingerprint density at radius 3 is 2.71 bits per heavy atom. The molecule has 144 valence electrons. The van der Waals surface area contributed by atoms with Gasteiger partial charge in [-0.1, -0.05) is 43.5 Å². The van der Waals surface area contributed by atoms with Gasteiger partial charge in [0.2, 0.25) is 0 Å². The second-order valence-corrected chi connectivity index (χ2v) is 7.98. The summed E-state index contributed by atoms with van der Waals surface area (Å²) in [4.78, 5) is 30.6. The molecule has 0 aliphatic heterocycles. The van der Waals surface area contributed by atoms with Crippen molar-refractivity contribution in [2.45, 2.75) is 38.1 Å². The Hall–Kier alpha value is -2.73. The fourth-order valence-electron chi connectivity index (χ4n) is 3.62. The van der Waals surface area contributed by atoms with Crippen LogP contribution in [0.4, 0.5) is 0 Å². The minimum Gasteiger partial charge on any atom is -0.452 e. The maximum Gasteiger partial charge on any atom is 0.339 e. The van der Waals surface area contributed by atoms with Crippen LogP contribution in [0.3, 0.4) is 0 Å². The SMILES string of the molecule is O=C(COC(=O)c1cc(-c2cccs2)nc2ccccc12)NC1CCCCC1. The highest BCUT2D eigenvalue weighted by Crippen LogP contribution is 2.28. The molecule has 4 rings (SSSR count). The zero-order valence-corrected chi connectivity index (χ0v) is 16.3. The van der Waals surface area contributed by atoms with E-state index in [2.05, 4.69) is 10.3 Å². The molecule has 1 N–H and O–H groups in total. The number of carbonyl (C=O) groups is 2. The Labute approximate surface area is 167 Å². The molecule has 0 radical (unpaired) electrons. The molecule has 6 heteroatoms. The van der Waals surface area contributed by atoms with Crippen LogP contribution < -0.4 is 5.32 Å². The number of fused-ring (bicyclic) bond motifs is 1. The van der Waals surface area contributed by atoms with E-state index < -0.39 is 5.97 Å². The lowest BCUT2D eigenvalue weighted by Crippen LogP contribution is -2.38. The van der Waals surface area contributed by atoms with E-state index in [1.54, 1.807) is 17.4 Å². The molecule has 0 spiro atoms. The molecule has 3 aromatic rings. The third kappa shape index (κ3) is 4.22. The number of para-hydroxylation sites is 1. The maximum absolute atomic E-state index is 12.8. The summed E-state index contributed by atoms with van der Waals surface area (Å²) in [7, 11) is 0. The van der Waals surface area contributed by atoms with E-state index in [1.807, 2.05) is 41.8 Å². The monoisotopic (exact) mass is 394 g/mol. The number of nitrogens with one attached hydrogen (secondary N) is 1. The van der Waals surface area contributed by atoms with Gasteiger partial charge < -0.3 is 10.1 Å². The molecule has 0 atom stereocenters. The number of hydrogen-bond acceptors (Lipinski definition) is 5. The second kappa shape index (κ2) is 8.52. The lowest BCUT2D eigenvalue weighted by Gasteiger charge is -2.22. The molecule has 28 heavy (non-hydrogen) atoms. The lowest BCUT2D eigenvalue weighted by atomic mass is 9.95. The van der Waals surface area contributed by atoms with Gasteiger partial charge in [-0.05, 0) is 36.4 Å². The second-order valence-electron chi connectivity index (χ2n) is 7.03. The largest absolute Gasteiger partial charge is 0.452 e. The van der Waals surface area contributed by atoms with Gasteiger partial charge in [-0.25, -0.2) is 9.78 Å². The van der Waals surface area contributed by atoms with Crippen LogP contribution in [0.5, 0.6) is 0 Å². The minimum absolute atomic E-state index is 0.201. The van der Waals surface area contributed by atoms with Gasteiger partial charge in [-0.2, -0.15) is 0 Å². The van der Waals surface area contributed by atoms with Crippen molar-refractivity contribution in [1.29, 1.82) is 0 Å². The summed E-state index contributed by atoms with van der Waals surface area (Å²) in [5, 5.41) is 5.66. The van der Waals surface area contributed by atoms with E-state index in [4.69, 9.17) is 4.74 Å². The van der Waals surface area contributed by atoms with Gasteiger partial charge in [0.25, 0.3) is 5.91 Å². The molecule has 2 heterocycles. The average Bonchev–Trinajstić information content (AvgIpc) is 3.27. The lowest BCUT2D eigenvalue weighted by molar-refractivity contribution is -0.125. The standard InChI is InChI=1S/C22H22N2O3S/c25-21(23-15-7-2-1-3-8-15)14-27-22(26)17-13-19(20-11-6-12-28-20)24-18-10-5-4-9-16(17)18/h4-6,9-13,15H,1-3,7-8,14H2,(H,23,25). The maximum atomic E-state index is 12.8. The summed E-state index contributed by atoms with van der Waals surface area (Å²) >= 11 is 1.56. The Bertz CT molecular complexity index is 979. The van der Waals surface area contributed by atoms with Crippen molar-refractivity contribution < 1.29 is 14.3 Å². The predicted molar refractivity (Wildman–Crippen MR) is 110 cm³/mol. The Balaban J connectivity index is 1.51. The van der Waals surface area contributed by atoms with Crippen LogP contribution in [-0.2, 0) is 9.53 Å². The van der Waals surface area contributed by atoms with E-state index >= 15 is 0 Å². The Kier molecular flexibility index (Phi) is 5.67. The normalized spacial score (nSPS) is 14.7. The molecule has 5 nitrogen and oxygen atoms in total. The van der Waals surface area contributed by atoms with Gasteiger partial charge in [0.1, 0.15) is 0 Å². The van der Waals surface area contributed by atoms with Crippen LogP contribution in [0, 0.1) is 0 Å². The first-order chi connectivity index (χ1) is 13.7. The molecule has 2 aromatic heterocycles. The molecule has 1 amide bonds. The molecule has 0 unspecified atom stereocenters. The van der Waals surface area contributed by atoms with Crippen LogP contribution in [0.15, 0.2) is 47.8 Å². The number of ether oxygens (including phenoxy) is 1. The molecule has 1 saturated carbocycles. The number of rotatable bonds is 5. The van der Waals surface area contributed by atoms with Crippen LogP contribution >= 0.6 is 11.3 Å². The number of pyridine rings is 1. The molecule has 1 aliphatic carbocycles. The summed E-state index contributed by atoms with van der Waals surface area (Å²) < 4.78 is 5.34. The highest BCUT2D eigenvalue weighted by molar-refractivity contribution is 7.13. The molecular weight excluding hydrogens is 372 g/mol. The predicted octanol–water partition coefficient (Wildman–Crippen LogP) is 4.57. The number of thiophene rings is 1. The molecular formula is C22H22N2O3S. The number of esters is 1. The highest BCUT2D eigenvalue weighted by atomic mass is 32.1. The number of amides is 1. The van der Waals surface area contributed by atoms with Crippen LogP contribution in [0.2, 0.25) is 0 Å². The fraction of sp³-hybridized carbons (Fsp3) is 0.318. The summed E-state index contributed by atoms with van der Waals surface area (Å²) in [6.45, 7) is -0.264. The molecule has 0 bridgehead atoms. The minimum atomic E-state index is -0.504. The van der Waals surface area contributed by atoms with E-state index in [1.165, 1.54) is 6.42 Å². The average molecular weight is 394 g/mol. The van der Waals surface area contributed by atoms with E-state index in [9.17, 15) is 9.59 Å². The molecule has 1 aliphatic rings. The summed E-state index contributed by atoms with van der Waals surface area (Å²) in [6, 6.07) is 13.3. The molecule has 1 fully saturated rings. The van der Waals surface area contributed by atoms with Crippen LogP contribution in [-0.4, -0.2) is 29.5 Å². The number of aromatic nitrogens is 1. The number of hydrogen-bond donors (Lipinski definition) is 1. The van der Waals surface area contributed by atoms with E-state index in [0.717, 1.165) is 47.2 Å². The van der Waals surface area contributed by atoms with Gasteiger partial charge in [-0.15, -0.1) is 11.3 Å². The summed E-state index contributed by atoms with van der Waals surface area (Å²) in [6.07, 6.45) is 5.50. The third-order valence-corrected chi connectivity index (χ3v) is 5.91. The van der Waals surface area contributed by atoms with Gasteiger partial charge in [-0.3, -0.25) is 4.79 Å². The number of nitrogens with zero attached hydrogens (tertiary/aromatic N) is 1. The smallest absolute Gasteiger partial charge is 0.339 e. The summed E-state index contributed by atoms with van der Waals surface area (Å²) in [5.74, 6) is -0.743. The van der Waals surface area contributed by atoms with Gasteiger partial charge in [0.15, 0.2) is 6.61 Å². The quantitative estimate of drug-likeness (QED) is 0.644. The number of carbonyl (C=O) groups excluding carboxylic acids is 2. The van der Waals surface area contributed by atoms with Crippen molar-refractivity contribution >= 4 is 34.1 Å².